The number of ether oxygens (including phenoxy) is 2. The van der Waals surface area contributed by atoms with E-state index in [-0.39, 0.29) is 18.1 Å². The fraction of sp³-hybridized carbons (Fsp3) is 0.350. The number of methoxy groups -OCH3 is 2. The molecule has 0 fully saturated rings. The smallest absolute Gasteiger partial charge is 0.258 e. The highest BCUT2D eigenvalue weighted by atomic mass is 16.5. The summed E-state index contributed by atoms with van der Waals surface area (Å²) in [4.78, 5) is 15.0. The third-order valence-electron chi connectivity index (χ3n) is 4.76. The molecule has 1 N–H and O–H groups in total. The first-order chi connectivity index (χ1) is 12.1. The van der Waals surface area contributed by atoms with Crippen LogP contribution < -0.4 is 14.8 Å². The summed E-state index contributed by atoms with van der Waals surface area (Å²) in [6, 6.07) is 13.4. The van der Waals surface area contributed by atoms with Crippen LogP contribution in [0, 0.1) is 0 Å². The summed E-state index contributed by atoms with van der Waals surface area (Å²) in [6.45, 7) is 4.15. The fourth-order valence-corrected chi connectivity index (χ4v) is 3.19. The van der Waals surface area contributed by atoms with Crippen molar-refractivity contribution in [1.82, 2.24) is 4.90 Å². The van der Waals surface area contributed by atoms with Crippen LogP contribution in [0.1, 0.15) is 42.4 Å². The zero-order valence-corrected chi connectivity index (χ0v) is 15.1. The van der Waals surface area contributed by atoms with E-state index in [9.17, 15) is 4.79 Å². The number of para-hydroxylation sites is 1. The molecule has 0 unspecified atom stereocenters. The van der Waals surface area contributed by atoms with Crippen LogP contribution in [0.3, 0.4) is 0 Å². The molecule has 0 aromatic heterocycles. The highest BCUT2D eigenvalue weighted by Gasteiger charge is 2.36. The molecule has 0 saturated heterocycles. The largest absolute Gasteiger partial charge is 0.497 e. The summed E-state index contributed by atoms with van der Waals surface area (Å²) in [6.07, 6.45) is 0.572. The summed E-state index contributed by atoms with van der Waals surface area (Å²) < 4.78 is 10.9. The molecule has 0 aliphatic carbocycles. The molecule has 0 bridgehead atoms. The highest BCUT2D eigenvalue weighted by molar-refractivity contribution is 6.02. The van der Waals surface area contributed by atoms with Gasteiger partial charge in [-0.15, -0.1) is 0 Å². The number of benzene rings is 2. The van der Waals surface area contributed by atoms with Gasteiger partial charge in [-0.3, -0.25) is 4.79 Å². The van der Waals surface area contributed by atoms with Crippen molar-refractivity contribution in [2.24, 2.45) is 0 Å². The Hall–Kier alpha value is -2.69. The van der Waals surface area contributed by atoms with Gasteiger partial charge >= 0.3 is 0 Å². The maximum Gasteiger partial charge on any atom is 0.258 e. The minimum absolute atomic E-state index is 0.0339. The van der Waals surface area contributed by atoms with Crippen molar-refractivity contribution in [2.75, 3.05) is 19.5 Å². The lowest BCUT2D eigenvalue weighted by Crippen LogP contribution is -2.47. The predicted molar refractivity (Wildman–Crippen MR) is 98.3 cm³/mol. The van der Waals surface area contributed by atoms with Gasteiger partial charge < -0.3 is 19.7 Å². The highest BCUT2D eigenvalue weighted by Crippen LogP contribution is 2.39. The normalized spacial score (nSPS) is 17.5. The molecule has 5 nitrogen and oxygen atoms in total. The SMILES string of the molecule is CC[C@@H](C)N1C(=O)c2ccccc2N[C@H]1c1ccc(OC)cc1OC. The lowest BCUT2D eigenvalue weighted by molar-refractivity contribution is 0.0591. The van der Waals surface area contributed by atoms with E-state index in [0.29, 0.717) is 11.3 Å². The number of anilines is 1. The van der Waals surface area contributed by atoms with Crippen LogP contribution in [0.5, 0.6) is 11.5 Å². The number of hydrogen-bond acceptors (Lipinski definition) is 4. The Bertz CT molecular complexity index is 775. The standard InChI is InChI=1S/C20H24N2O3/c1-5-13(2)22-19(16-11-10-14(24-3)12-18(16)25-4)21-17-9-7-6-8-15(17)20(22)23/h6-13,19,21H,5H2,1-4H3/t13-,19-/m1/s1. The van der Waals surface area contributed by atoms with Crippen LogP contribution in [0.25, 0.3) is 0 Å². The van der Waals surface area contributed by atoms with E-state index in [0.717, 1.165) is 23.4 Å². The average molecular weight is 340 g/mol. The van der Waals surface area contributed by atoms with Gasteiger partial charge in [-0.25, -0.2) is 0 Å². The van der Waals surface area contributed by atoms with Crippen molar-refractivity contribution < 1.29 is 14.3 Å². The van der Waals surface area contributed by atoms with Crippen LogP contribution in [0.2, 0.25) is 0 Å². The summed E-state index contributed by atoms with van der Waals surface area (Å²) in [5.41, 5.74) is 2.45. The molecule has 5 heteroatoms. The molecule has 2 atom stereocenters. The number of hydrogen-bond donors (Lipinski definition) is 1. The predicted octanol–water partition coefficient (Wildman–Crippen LogP) is 4.07. The Labute approximate surface area is 148 Å². The maximum absolute atomic E-state index is 13.1. The fourth-order valence-electron chi connectivity index (χ4n) is 3.19. The number of carbonyl (C=O) groups is 1. The zero-order chi connectivity index (χ0) is 18.0. The lowest BCUT2D eigenvalue weighted by Gasteiger charge is -2.41. The van der Waals surface area contributed by atoms with Crippen LogP contribution in [0.4, 0.5) is 5.69 Å². The van der Waals surface area contributed by atoms with Crippen molar-refractivity contribution in [1.29, 1.82) is 0 Å². The molecule has 2 aromatic carbocycles. The molecule has 1 aliphatic heterocycles. The zero-order valence-electron chi connectivity index (χ0n) is 15.1. The van der Waals surface area contributed by atoms with Gasteiger partial charge in [-0.05, 0) is 37.6 Å². The van der Waals surface area contributed by atoms with Gasteiger partial charge in [-0.2, -0.15) is 0 Å². The van der Waals surface area contributed by atoms with Crippen molar-refractivity contribution in [2.45, 2.75) is 32.5 Å². The first-order valence-electron chi connectivity index (χ1n) is 8.50. The van der Waals surface area contributed by atoms with E-state index in [1.807, 2.05) is 47.4 Å². The van der Waals surface area contributed by atoms with E-state index in [4.69, 9.17) is 9.47 Å². The van der Waals surface area contributed by atoms with Crippen molar-refractivity contribution >= 4 is 11.6 Å². The first kappa shape index (κ1) is 17.1. The van der Waals surface area contributed by atoms with Gasteiger partial charge in [0, 0.05) is 23.4 Å². The molecule has 0 saturated carbocycles. The van der Waals surface area contributed by atoms with Gasteiger partial charge in [-0.1, -0.05) is 19.1 Å². The van der Waals surface area contributed by atoms with Gasteiger partial charge in [0.2, 0.25) is 0 Å². The van der Waals surface area contributed by atoms with E-state index < -0.39 is 0 Å². The van der Waals surface area contributed by atoms with Gasteiger partial charge in [0.05, 0.1) is 19.8 Å². The van der Waals surface area contributed by atoms with E-state index in [1.165, 1.54) is 0 Å². The Balaban J connectivity index is 2.11. The number of nitrogens with zero attached hydrogens (tertiary/aromatic N) is 1. The second-order valence-electron chi connectivity index (χ2n) is 6.17. The van der Waals surface area contributed by atoms with E-state index in [2.05, 4.69) is 19.2 Å². The quantitative estimate of drug-likeness (QED) is 0.891. The molecule has 2 aromatic rings. The lowest BCUT2D eigenvalue weighted by atomic mass is 10.00. The third-order valence-corrected chi connectivity index (χ3v) is 4.76. The van der Waals surface area contributed by atoms with Gasteiger partial charge in [0.25, 0.3) is 5.91 Å². The number of fused-ring (bicyclic) bond motifs is 1. The van der Waals surface area contributed by atoms with Crippen LogP contribution in [-0.4, -0.2) is 31.1 Å². The van der Waals surface area contributed by atoms with Crippen LogP contribution >= 0.6 is 0 Å². The number of rotatable bonds is 5. The number of amides is 1. The summed E-state index contributed by atoms with van der Waals surface area (Å²) in [5, 5.41) is 3.51. The number of carbonyl (C=O) groups excluding carboxylic acids is 1. The molecule has 0 spiro atoms. The number of nitrogens with one attached hydrogen (secondary N) is 1. The van der Waals surface area contributed by atoms with E-state index >= 15 is 0 Å². The molecule has 0 radical (unpaired) electrons. The Morgan fingerprint density at radius 3 is 2.60 bits per heavy atom. The van der Waals surface area contributed by atoms with Crippen LogP contribution in [0.15, 0.2) is 42.5 Å². The summed E-state index contributed by atoms with van der Waals surface area (Å²) >= 11 is 0. The second kappa shape index (κ2) is 7.05. The minimum atomic E-state index is -0.293. The van der Waals surface area contributed by atoms with Gasteiger partial charge in [0.1, 0.15) is 17.7 Å². The average Bonchev–Trinajstić information content (AvgIpc) is 2.66. The third kappa shape index (κ3) is 3.02. The van der Waals surface area contributed by atoms with Crippen molar-refractivity contribution in [3.05, 3.63) is 53.6 Å². The molecular formula is C20H24N2O3. The maximum atomic E-state index is 13.1. The molecule has 25 heavy (non-hydrogen) atoms. The summed E-state index contributed by atoms with van der Waals surface area (Å²) in [7, 11) is 3.25. The molecule has 132 valence electrons. The molecule has 1 aliphatic rings. The topological polar surface area (TPSA) is 50.8 Å². The van der Waals surface area contributed by atoms with Crippen LogP contribution in [-0.2, 0) is 0 Å². The minimum Gasteiger partial charge on any atom is -0.497 e. The van der Waals surface area contributed by atoms with Crippen molar-refractivity contribution in [3.8, 4) is 11.5 Å². The Morgan fingerprint density at radius 2 is 1.92 bits per heavy atom. The van der Waals surface area contributed by atoms with E-state index in [1.54, 1.807) is 14.2 Å². The summed E-state index contributed by atoms with van der Waals surface area (Å²) in [5.74, 6) is 1.45. The van der Waals surface area contributed by atoms with Gasteiger partial charge in [0.15, 0.2) is 0 Å². The molecule has 3 rings (SSSR count). The Kier molecular flexibility index (Phi) is 4.83. The second-order valence-corrected chi connectivity index (χ2v) is 6.17. The molecular weight excluding hydrogens is 316 g/mol. The Morgan fingerprint density at radius 1 is 1.16 bits per heavy atom. The molecule has 1 heterocycles. The molecule has 1 amide bonds. The van der Waals surface area contributed by atoms with Crippen molar-refractivity contribution in [3.63, 3.8) is 0 Å². The first-order valence-corrected chi connectivity index (χ1v) is 8.50. The monoisotopic (exact) mass is 340 g/mol.